The maximum absolute atomic E-state index is 13.5. The summed E-state index contributed by atoms with van der Waals surface area (Å²) in [5.74, 6) is 1.43. The van der Waals surface area contributed by atoms with Crippen molar-refractivity contribution in [3.63, 3.8) is 0 Å². The van der Waals surface area contributed by atoms with Gasteiger partial charge in [-0.2, -0.15) is 0 Å². The van der Waals surface area contributed by atoms with E-state index in [4.69, 9.17) is 9.47 Å². The lowest BCUT2D eigenvalue weighted by Crippen LogP contribution is -2.48. The molecular formula is C34H32N4O4. The molecule has 1 atom stereocenters. The van der Waals surface area contributed by atoms with Gasteiger partial charge in [0.15, 0.2) is 11.5 Å². The van der Waals surface area contributed by atoms with Crippen molar-refractivity contribution in [3.05, 3.63) is 125 Å². The average Bonchev–Trinajstić information content (AvgIpc) is 3.61. The number of piperazine rings is 1. The number of amides is 2. The minimum absolute atomic E-state index is 0.0287. The fraction of sp³-hybridized carbons (Fsp3) is 0.235. The Hall–Kier alpha value is -4.82. The first-order valence-electron chi connectivity index (χ1n) is 14.3. The molecule has 4 aromatic carbocycles. The normalized spacial score (nSPS) is 17.8. The van der Waals surface area contributed by atoms with Gasteiger partial charge in [-0.15, -0.1) is 0 Å². The first kappa shape index (κ1) is 26.1. The molecule has 1 fully saturated rings. The van der Waals surface area contributed by atoms with Gasteiger partial charge in [-0.1, -0.05) is 54.6 Å². The Morgan fingerprint density at radius 1 is 0.762 bits per heavy atom. The van der Waals surface area contributed by atoms with Crippen LogP contribution in [-0.4, -0.2) is 59.5 Å². The Bertz CT molecular complexity index is 1600. The molecule has 4 aromatic rings. The lowest BCUT2D eigenvalue weighted by molar-refractivity contribution is 0.0628. The van der Waals surface area contributed by atoms with Gasteiger partial charge in [0, 0.05) is 61.6 Å². The maximum Gasteiger partial charge on any atom is 0.256 e. The summed E-state index contributed by atoms with van der Waals surface area (Å²) < 4.78 is 11.0. The Labute approximate surface area is 245 Å². The highest BCUT2D eigenvalue weighted by Gasteiger charge is 2.36. The van der Waals surface area contributed by atoms with Crippen LogP contribution in [0.25, 0.3) is 0 Å². The summed E-state index contributed by atoms with van der Waals surface area (Å²) >= 11 is 0. The van der Waals surface area contributed by atoms with Gasteiger partial charge in [0.1, 0.15) is 6.17 Å². The molecule has 0 aromatic heterocycles. The second-order valence-electron chi connectivity index (χ2n) is 10.9. The van der Waals surface area contributed by atoms with Crippen molar-refractivity contribution in [1.29, 1.82) is 0 Å². The molecule has 0 aliphatic carbocycles. The van der Waals surface area contributed by atoms with Gasteiger partial charge < -0.3 is 24.6 Å². The summed E-state index contributed by atoms with van der Waals surface area (Å²) in [5, 5.41) is 3.54. The zero-order chi connectivity index (χ0) is 28.5. The molecule has 0 bridgehead atoms. The number of anilines is 1. The third-order valence-electron chi connectivity index (χ3n) is 8.19. The van der Waals surface area contributed by atoms with Gasteiger partial charge in [0.25, 0.3) is 11.8 Å². The van der Waals surface area contributed by atoms with E-state index in [0.29, 0.717) is 42.3 Å². The molecule has 0 saturated carbocycles. The first-order chi connectivity index (χ1) is 20.6. The summed E-state index contributed by atoms with van der Waals surface area (Å²) in [5.41, 5.74) is 5.37. The molecular weight excluding hydrogens is 528 g/mol. The molecule has 42 heavy (non-hydrogen) atoms. The second-order valence-corrected chi connectivity index (χ2v) is 10.9. The molecule has 1 saturated heterocycles. The van der Waals surface area contributed by atoms with Crippen LogP contribution >= 0.6 is 0 Å². The highest BCUT2D eigenvalue weighted by atomic mass is 16.7. The van der Waals surface area contributed by atoms with Crippen LogP contribution in [0.3, 0.4) is 0 Å². The summed E-state index contributed by atoms with van der Waals surface area (Å²) in [6.45, 7) is 4.66. The van der Waals surface area contributed by atoms with E-state index in [9.17, 15) is 9.59 Å². The van der Waals surface area contributed by atoms with Gasteiger partial charge >= 0.3 is 0 Å². The van der Waals surface area contributed by atoms with Crippen LogP contribution in [0.4, 0.5) is 5.69 Å². The minimum Gasteiger partial charge on any atom is -0.454 e. The van der Waals surface area contributed by atoms with Crippen LogP contribution in [0, 0.1) is 0 Å². The number of hydrogen-bond acceptors (Lipinski definition) is 6. The molecule has 2 amide bonds. The highest BCUT2D eigenvalue weighted by Crippen LogP contribution is 2.38. The predicted molar refractivity (Wildman–Crippen MR) is 159 cm³/mol. The van der Waals surface area contributed by atoms with Gasteiger partial charge in [0.05, 0.1) is 0 Å². The molecule has 0 unspecified atom stereocenters. The molecule has 1 N–H and O–H groups in total. The van der Waals surface area contributed by atoms with Crippen LogP contribution in [0.5, 0.6) is 11.5 Å². The van der Waals surface area contributed by atoms with Crippen molar-refractivity contribution < 1.29 is 19.1 Å². The van der Waals surface area contributed by atoms with Crippen molar-refractivity contribution in [1.82, 2.24) is 14.7 Å². The predicted octanol–water partition coefficient (Wildman–Crippen LogP) is 5.14. The topological polar surface area (TPSA) is 74.3 Å². The van der Waals surface area contributed by atoms with E-state index in [0.717, 1.165) is 36.4 Å². The van der Waals surface area contributed by atoms with E-state index >= 15 is 0 Å². The summed E-state index contributed by atoms with van der Waals surface area (Å²) in [7, 11) is 0. The lowest BCUT2D eigenvalue weighted by Gasteiger charge is -2.34. The van der Waals surface area contributed by atoms with E-state index in [1.54, 1.807) is 0 Å². The maximum atomic E-state index is 13.5. The lowest BCUT2D eigenvalue weighted by atomic mass is 10.1. The van der Waals surface area contributed by atoms with Crippen LogP contribution in [0.15, 0.2) is 97.1 Å². The zero-order valence-electron chi connectivity index (χ0n) is 23.2. The summed E-state index contributed by atoms with van der Waals surface area (Å²) in [6, 6.07) is 31.5. The van der Waals surface area contributed by atoms with Gasteiger partial charge in [-0.25, -0.2) is 0 Å². The molecule has 3 aliphatic rings. The largest absolute Gasteiger partial charge is 0.454 e. The monoisotopic (exact) mass is 560 g/mol. The number of ether oxygens (including phenoxy) is 2. The Balaban J connectivity index is 1.02. The van der Waals surface area contributed by atoms with Gasteiger partial charge in [-0.05, 0) is 53.6 Å². The van der Waals surface area contributed by atoms with E-state index < -0.39 is 0 Å². The summed E-state index contributed by atoms with van der Waals surface area (Å²) in [6.07, 6.45) is -0.349. The zero-order valence-corrected chi connectivity index (χ0v) is 23.2. The molecule has 3 heterocycles. The van der Waals surface area contributed by atoms with E-state index in [2.05, 4.69) is 34.5 Å². The van der Waals surface area contributed by atoms with Crippen LogP contribution < -0.4 is 14.8 Å². The van der Waals surface area contributed by atoms with Crippen molar-refractivity contribution in [2.45, 2.75) is 19.3 Å². The van der Waals surface area contributed by atoms with E-state index in [1.807, 2.05) is 82.6 Å². The molecule has 8 heteroatoms. The Kier molecular flexibility index (Phi) is 6.97. The quantitative estimate of drug-likeness (QED) is 0.338. The van der Waals surface area contributed by atoms with E-state index in [-0.39, 0.29) is 24.8 Å². The fourth-order valence-corrected chi connectivity index (χ4v) is 5.92. The van der Waals surface area contributed by atoms with Crippen molar-refractivity contribution in [3.8, 4) is 11.5 Å². The third-order valence-corrected chi connectivity index (χ3v) is 8.19. The molecule has 0 radical (unpaired) electrons. The highest BCUT2D eigenvalue weighted by molar-refractivity contribution is 5.99. The number of rotatable bonds is 7. The number of benzene rings is 4. The standard InChI is InChI=1S/C34H32N4O4/c39-33(37-18-16-36(17-19-37)21-24-6-2-1-3-7-24)26-11-13-27(14-12-26)35-32-28-8-4-5-9-29(28)34(40)38(32)22-25-10-15-30-31(20-25)42-23-41-30/h1-15,20,32,35H,16-19,21-23H2/t32-/m0/s1. The van der Waals surface area contributed by atoms with Gasteiger partial charge in [-0.3, -0.25) is 14.5 Å². The third kappa shape index (κ3) is 5.17. The van der Waals surface area contributed by atoms with Crippen molar-refractivity contribution in [2.75, 3.05) is 38.3 Å². The Morgan fingerprint density at radius 3 is 2.31 bits per heavy atom. The number of carbonyl (C=O) groups excluding carboxylic acids is 2. The number of carbonyl (C=O) groups is 2. The molecule has 0 spiro atoms. The number of nitrogens with zero attached hydrogens (tertiary/aromatic N) is 3. The minimum atomic E-state index is -0.349. The molecule has 3 aliphatic heterocycles. The van der Waals surface area contributed by atoms with E-state index in [1.165, 1.54) is 5.56 Å². The second kappa shape index (κ2) is 11.2. The molecule has 7 rings (SSSR count). The van der Waals surface area contributed by atoms with Crippen LogP contribution in [-0.2, 0) is 13.1 Å². The van der Waals surface area contributed by atoms with Crippen molar-refractivity contribution in [2.24, 2.45) is 0 Å². The van der Waals surface area contributed by atoms with Crippen LogP contribution in [0.2, 0.25) is 0 Å². The number of hydrogen-bond donors (Lipinski definition) is 1. The number of nitrogens with one attached hydrogen (secondary N) is 1. The molecule has 212 valence electrons. The fourth-order valence-electron chi connectivity index (χ4n) is 5.92. The average molecular weight is 561 g/mol. The first-order valence-corrected chi connectivity index (χ1v) is 14.3. The smallest absolute Gasteiger partial charge is 0.256 e. The SMILES string of the molecule is O=C(c1ccc(N[C@@H]2c3ccccc3C(=O)N2Cc2ccc3c(c2)OCO3)cc1)N1CCN(Cc2ccccc2)CC1. The van der Waals surface area contributed by atoms with Gasteiger partial charge in [0.2, 0.25) is 6.79 Å². The molecule has 8 nitrogen and oxygen atoms in total. The van der Waals surface area contributed by atoms with Crippen molar-refractivity contribution >= 4 is 17.5 Å². The summed E-state index contributed by atoms with van der Waals surface area (Å²) in [4.78, 5) is 32.9. The Morgan fingerprint density at radius 2 is 1.50 bits per heavy atom. The van der Waals surface area contributed by atoms with Crippen LogP contribution in [0.1, 0.15) is 43.6 Å². The number of fused-ring (bicyclic) bond motifs is 2.